The summed E-state index contributed by atoms with van der Waals surface area (Å²) >= 11 is 0. The molecule has 2 saturated heterocycles. The van der Waals surface area contributed by atoms with Crippen LogP contribution in [0.1, 0.15) is 36.0 Å². The highest BCUT2D eigenvalue weighted by Gasteiger charge is 2.25. The number of hydrogen-bond acceptors (Lipinski definition) is 5. The number of nitrogens with two attached hydrogens (primary N) is 1. The molecule has 0 spiro atoms. The molecule has 7 nitrogen and oxygen atoms in total. The normalized spacial score (nSPS) is 20.0. The topological polar surface area (TPSA) is 85.1 Å². The second kappa shape index (κ2) is 10.6. The second-order valence-electron chi connectivity index (χ2n) is 7.27. The van der Waals surface area contributed by atoms with Crippen molar-refractivity contribution in [3.8, 4) is 5.75 Å². The molecular weight excluding hydrogens is 382 g/mol. The monoisotopic (exact) mass is 411 g/mol. The minimum Gasteiger partial charge on any atom is -0.490 e. The summed E-state index contributed by atoms with van der Waals surface area (Å²) in [5.41, 5.74) is 6.54. The van der Waals surface area contributed by atoms with E-state index in [0.717, 1.165) is 31.6 Å². The molecule has 2 heterocycles. The van der Waals surface area contributed by atoms with Gasteiger partial charge in [-0.1, -0.05) is 0 Å². The molecular formula is C20H30ClN3O4. The molecule has 0 aliphatic carbocycles. The number of likely N-dealkylation sites (tertiary alicyclic amines) is 2. The second-order valence-corrected chi connectivity index (χ2v) is 7.27. The Morgan fingerprint density at radius 1 is 1.07 bits per heavy atom. The third kappa shape index (κ3) is 5.83. The number of hydrogen-bond donors (Lipinski definition) is 1. The van der Waals surface area contributed by atoms with Gasteiger partial charge in [-0.15, -0.1) is 12.4 Å². The number of amides is 2. The van der Waals surface area contributed by atoms with Gasteiger partial charge in [0.15, 0.2) is 0 Å². The van der Waals surface area contributed by atoms with E-state index < -0.39 is 0 Å². The van der Waals surface area contributed by atoms with Crippen LogP contribution >= 0.6 is 12.4 Å². The predicted octanol–water partition coefficient (Wildman–Crippen LogP) is 1.69. The Balaban J connectivity index is 0.00000280. The highest BCUT2D eigenvalue weighted by Crippen LogP contribution is 2.21. The van der Waals surface area contributed by atoms with Gasteiger partial charge in [-0.25, -0.2) is 0 Å². The lowest BCUT2D eigenvalue weighted by molar-refractivity contribution is -0.133. The first kappa shape index (κ1) is 22.5. The molecule has 1 aromatic rings. The molecule has 8 heteroatoms. The molecule has 2 aliphatic heterocycles. The number of ether oxygens (including phenoxy) is 2. The summed E-state index contributed by atoms with van der Waals surface area (Å²) in [7, 11) is 1.60. The van der Waals surface area contributed by atoms with Crippen LogP contribution in [0.3, 0.4) is 0 Å². The van der Waals surface area contributed by atoms with Crippen molar-refractivity contribution in [3.05, 3.63) is 29.8 Å². The van der Waals surface area contributed by atoms with E-state index in [1.165, 1.54) is 0 Å². The maximum Gasteiger partial charge on any atom is 0.253 e. The summed E-state index contributed by atoms with van der Waals surface area (Å²) in [6.45, 7) is 3.22. The van der Waals surface area contributed by atoms with Crippen molar-refractivity contribution in [2.75, 3.05) is 39.9 Å². The van der Waals surface area contributed by atoms with Gasteiger partial charge in [0.1, 0.15) is 11.9 Å². The molecule has 0 bridgehead atoms. The molecule has 2 amide bonds. The van der Waals surface area contributed by atoms with Gasteiger partial charge in [0.05, 0.1) is 13.0 Å². The van der Waals surface area contributed by atoms with Crippen LogP contribution in [-0.2, 0) is 9.53 Å². The Morgan fingerprint density at radius 2 is 1.71 bits per heavy atom. The molecule has 156 valence electrons. The lowest BCUT2D eigenvalue weighted by Gasteiger charge is -2.32. The highest BCUT2D eigenvalue weighted by atomic mass is 35.5. The minimum atomic E-state index is 0. The molecule has 3 rings (SSSR count). The van der Waals surface area contributed by atoms with Gasteiger partial charge in [0.25, 0.3) is 5.91 Å². The van der Waals surface area contributed by atoms with Crippen molar-refractivity contribution in [1.82, 2.24) is 9.80 Å². The lowest BCUT2D eigenvalue weighted by atomic mass is 10.1. The van der Waals surface area contributed by atoms with E-state index >= 15 is 0 Å². The van der Waals surface area contributed by atoms with Crippen LogP contribution in [0.25, 0.3) is 0 Å². The van der Waals surface area contributed by atoms with Crippen LogP contribution in [0, 0.1) is 0 Å². The first-order valence-electron chi connectivity index (χ1n) is 9.65. The number of carbonyl (C=O) groups excluding carboxylic acids is 2. The van der Waals surface area contributed by atoms with E-state index in [4.69, 9.17) is 15.2 Å². The van der Waals surface area contributed by atoms with Crippen LogP contribution in [0.4, 0.5) is 0 Å². The molecule has 2 fully saturated rings. The Hall–Kier alpha value is -1.83. The summed E-state index contributed by atoms with van der Waals surface area (Å²) < 4.78 is 11.0. The zero-order valence-electron chi connectivity index (χ0n) is 16.3. The van der Waals surface area contributed by atoms with Crippen molar-refractivity contribution in [3.63, 3.8) is 0 Å². The number of piperidine rings is 1. The summed E-state index contributed by atoms with van der Waals surface area (Å²) in [5, 5.41) is 0. The summed E-state index contributed by atoms with van der Waals surface area (Å²) in [4.78, 5) is 28.1. The first-order valence-corrected chi connectivity index (χ1v) is 9.65. The standard InChI is InChI=1S/C20H29N3O4.ClH/c1-26-13-9-19(24)22-11-7-18(8-12-22)27-17-4-2-15(3-5-17)20(25)23-10-6-16(21)14-23;/h2-5,16,18H,6-14,21H2,1H3;1H. The molecule has 1 unspecified atom stereocenters. The SMILES string of the molecule is COCCC(=O)N1CCC(Oc2ccc(C(=O)N3CCC(N)C3)cc2)CC1.Cl. The Labute approximate surface area is 172 Å². The molecule has 0 saturated carbocycles. The minimum absolute atomic E-state index is 0. The van der Waals surface area contributed by atoms with Crippen molar-refractivity contribution in [1.29, 1.82) is 0 Å². The van der Waals surface area contributed by atoms with E-state index in [0.29, 0.717) is 38.2 Å². The van der Waals surface area contributed by atoms with E-state index in [1.54, 1.807) is 12.0 Å². The number of halogens is 1. The molecule has 2 N–H and O–H groups in total. The summed E-state index contributed by atoms with van der Waals surface area (Å²) in [6, 6.07) is 7.40. The van der Waals surface area contributed by atoms with E-state index in [-0.39, 0.29) is 36.4 Å². The first-order chi connectivity index (χ1) is 13.1. The van der Waals surface area contributed by atoms with Gasteiger partial charge in [-0.3, -0.25) is 9.59 Å². The smallest absolute Gasteiger partial charge is 0.253 e. The molecule has 2 aliphatic rings. The van der Waals surface area contributed by atoms with Crippen molar-refractivity contribution in [2.45, 2.75) is 37.8 Å². The van der Waals surface area contributed by atoms with Gasteiger partial charge in [0, 0.05) is 57.7 Å². The summed E-state index contributed by atoms with van der Waals surface area (Å²) in [5.74, 6) is 0.922. The highest BCUT2D eigenvalue weighted by molar-refractivity contribution is 5.94. The number of carbonyl (C=O) groups is 2. The average Bonchev–Trinajstić information content (AvgIpc) is 3.13. The van der Waals surface area contributed by atoms with Crippen LogP contribution < -0.4 is 10.5 Å². The predicted molar refractivity (Wildman–Crippen MR) is 109 cm³/mol. The fraction of sp³-hybridized carbons (Fsp3) is 0.600. The molecule has 1 aromatic carbocycles. The quantitative estimate of drug-likeness (QED) is 0.769. The van der Waals surface area contributed by atoms with Crippen molar-refractivity contribution < 1.29 is 19.1 Å². The zero-order valence-corrected chi connectivity index (χ0v) is 17.2. The third-order valence-electron chi connectivity index (χ3n) is 5.23. The van der Waals surface area contributed by atoms with E-state index in [2.05, 4.69) is 0 Å². The Morgan fingerprint density at radius 3 is 2.29 bits per heavy atom. The van der Waals surface area contributed by atoms with E-state index in [9.17, 15) is 9.59 Å². The fourth-order valence-electron chi connectivity index (χ4n) is 3.59. The number of benzene rings is 1. The number of rotatable bonds is 6. The maximum atomic E-state index is 12.5. The average molecular weight is 412 g/mol. The van der Waals surface area contributed by atoms with Crippen LogP contribution in [0.2, 0.25) is 0 Å². The van der Waals surface area contributed by atoms with Gasteiger partial charge in [-0.05, 0) is 30.7 Å². The summed E-state index contributed by atoms with van der Waals surface area (Å²) in [6.07, 6.45) is 3.00. The van der Waals surface area contributed by atoms with Gasteiger partial charge in [0.2, 0.25) is 5.91 Å². The van der Waals surface area contributed by atoms with Crippen LogP contribution in [-0.4, -0.2) is 73.7 Å². The zero-order chi connectivity index (χ0) is 19.2. The Kier molecular flexibility index (Phi) is 8.54. The van der Waals surface area contributed by atoms with Crippen LogP contribution in [0.15, 0.2) is 24.3 Å². The van der Waals surface area contributed by atoms with E-state index in [1.807, 2.05) is 29.2 Å². The number of methoxy groups -OCH3 is 1. The molecule has 0 aromatic heterocycles. The van der Waals surface area contributed by atoms with Gasteiger partial charge in [-0.2, -0.15) is 0 Å². The van der Waals surface area contributed by atoms with Gasteiger partial charge < -0.3 is 25.0 Å². The third-order valence-corrected chi connectivity index (χ3v) is 5.23. The maximum absolute atomic E-state index is 12.5. The largest absolute Gasteiger partial charge is 0.490 e. The van der Waals surface area contributed by atoms with Gasteiger partial charge >= 0.3 is 0 Å². The fourth-order valence-corrected chi connectivity index (χ4v) is 3.59. The van der Waals surface area contributed by atoms with Crippen LogP contribution in [0.5, 0.6) is 5.75 Å². The van der Waals surface area contributed by atoms with Crippen molar-refractivity contribution >= 4 is 24.2 Å². The molecule has 0 radical (unpaired) electrons. The Bertz CT molecular complexity index is 647. The molecule has 1 atom stereocenters. The van der Waals surface area contributed by atoms with Crippen molar-refractivity contribution in [2.24, 2.45) is 5.73 Å². The number of nitrogens with zero attached hydrogens (tertiary/aromatic N) is 2. The lowest BCUT2D eigenvalue weighted by Crippen LogP contribution is -2.42. The molecule has 28 heavy (non-hydrogen) atoms.